The molecule has 1 amide bonds. The summed E-state index contributed by atoms with van der Waals surface area (Å²) in [5.74, 6) is 0.889. The van der Waals surface area contributed by atoms with Crippen LogP contribution in [0.15, 0.2) is 48.5 Å². The molecule has 0 aliphatic heterocycles. The molecular weight excluding hydrogens is 300 g/mol. The van der Waals surface area contributed by atoms with E-state index >= 15 is 0 Å². The molecule has 0 unspecified atom stereocenters. The van der Waals surface area contributed by atoms with Gasteiger partial charge in [0.25, 0.3) is 0 Å². The highest BCUT2D eigenvalue weighted by atomic mass is 16.5. The number of para-hydroxylation sites is 1. The van der Waals surface area contributed by atoms with E-state index in [1.54, 1.807) is 0 Å². The highest BCUT2D eigenvalue weighted by Crippen LogP contribution is 2.24. The van der Waals surface area contributed by atoms with Gasteiger partial charge in [-0.25, -0.2) is 0 Å². The van der Waals surface area contributed by atoms with Gasteiger partial charge in [0.05, 0.1) is 12.3 Å². The van der Waals surface area contributed by atoms with E-state index in [0.717, 1.165) is 33.6 Å². The standard InChI is InChI=1S/C20H22N2O2/c1-14-7-3-4-10-19(14)24-12-6-11-20(23)22-18-9-5-8-17-16(18)13-15(2)21-17/h3-5,7-10,13,21H,6,11-12H2,1-2H3,(H,22,23). The highest BCUT2D eigenvalue weighted by molar-refractivity contribution is 6.01. The zero-order valence-electron chi connectivity index (χ0n) is 14.1. The lowest BCUT2D eigenvalue weighted by molar-refractivity contribution is -0.116. The number of aromatic nitrogens is 1. The number of anilines is 1. The van der Waals surface area contributed by atoms with E-state index in [2.05, 4.69) is 10.3 Å². The van der Waals surface area contributed by atoms with Gasteiger partial charge in [0.1, 0.15) is 5.75 Å². The minimum absolute atomic E-state index is 0.00902. The molecule has 2 N–H and O–H groups in total. The molecule has 3 aromatic rings. The number of carbonyl (C=O) groups is 1. The number of hydrogen-bond donors (Lipinski definition) is 2. The first-order valence-electron chi connectivity index (χ1n) is 8.20. The third kappa shape index (κ3) is 3.77. The number of ether oxygens (including phenoxy) is 1. The van der Waals surface area contributed by atoms with Crippen LogP contribution in [-0.4, -0.2) is 17.5 Å². The second-order valence-corrected chi connectivity index (χ2v) is 5.98. The molecule has 0 spiro atoms. The fourth-order valence-corrected chi connectivity index (χ4v) is 2.75. The van der Waals surface area contributed by atoms with Crippen molar-refractivity contribution in [3.05, 3.63) is 59.8 Å². The Kier molecular flexibility index (Phi) is 4.85. The number of hydrogen-bond acceptors (Lipinski definition) is 2. The fraction of sp³-hybridized carbons (Fsp3) is 0.250. The normalized spacial score (nSPS) is 10.8. The third-order valence-electron chi connectivity index (χ3n) is 3.97. The maximum atomic E-state index is 12.2. The Morgan fingerprint density at radius 2 is 1.96 bits per heavy atom. The summed E-state index contributed by atoms with van der Waals surface area (Å²) in [6, 6.07) is 15.8. The van der Waals surface area contributed by atoms with Crippen LogP contribution < -0.4 is 10.1 Å². The van der Waals surface area contributed by atoms with E-state index in [4.69, 9.17) is 4.74 Å². The van der Waals surface area contributed by atoms with Crippen LogP contribution in [0.3, 0.4) is 0 Å². The Morgan fingerprint density at radius 3 is 2.79 bits per heavy atom. The maximum absolute atomic E-state index is 12.2. The van der Waals surface area contributed by atoms with Gasteiger partial charge in [-0.15, -0.1) is 0 Å². The number of aryl methyl sites for hydroxylation is 2. The predicted octanol–water partition coefficient (Wildman–Crippen LogP) is 4.58. The van der Waals surface area contributed by atoms with Gasteiger partial charge in [-0.05, 0) is 50.1 Å². The van der Waals surface area contributed by atoms with Crippen LogP contribution in [0.5, 0.6) is 5.75 Å². The number of fused-ring (bicyclic) bond motifs is 1. The zero-order chi connectivity index (χ0) is 16.9. The Hall–Kier alpha value is -2.75. The van der Waals surface area contributed by atoms with E-state index in [0.29, 0.717) is 19.4 Å². The van der Waals surface area contributed by atoms with Crippen molar-refractivity contribution in [3.63, 3.8) is 0 Å². The number of aromatic amines is 1. The second-order valence-electron chi connectivity index (χ2n) is 5.98. The van der Waals surface area contributed by atoms with Gasteiger partial charge in [0, 0.05) is 23.0 Å². The van der Waals surface area contributed by atoms with Gasteiger partial charge in [-0.3, -0.25) is 4.79 Å². The number of carbonyl (C=O) groups excluding carboxylic acids is 1. The van der Waals surface area contributed by atoms with Crippen molar-refractivity contribution in [3.8, 4) is 5.75 Å². The van der Waals surface area contributed by atoms with Crippen LogP contribution in [0.25, 0.3) is 10.9 Å². The summed E-state index contributed by atoms with van der Waals surface area (Å²) in [6.07, 6.45) is 1.12. The Bertz CT molecular complexity index is 852. The van der Waals surface area contributed by atoms with E-state index < -0.39 is 0 Å². The molecule has 1 heterocycles. The third-order valence-corrected chi connectivity index (χ3v) is 3.97. The molecule has 0 bridgehead atoms. The van der Waals surface area contributed by atoms with E-state index in [1.165, 1.54) is 0 Å². The number of benzene rings is 2. The van der Waals surface area contributed by atoms with Crippen molar-refractivity contribution in [1.82, 2.24) is 4.98 Å². The molecule has 4 nitrogen and oxygen atoms in total. The second kappa shape index (κ2) is 7.21. The van der Waals surface area contributed by atoms with Crippen molar-refractivity contribution < 1.29 is 9.53 Å². The van der Waals surface area contributed by atoms with Crippen LogP contribution in [0, 0.1) is 13.8 Å². The van der Waals surface area contributed by atoms with Gasteiger partial charge in [-0.1, -0.05) is 24.3 Å². The molecule has 0 fully saturated rings. The quantitative estimate of drug-likeness (QED) is 0.653. The number of rotatable bonds is 6. The molecule has 0 atom stereocenters. The number of amides is 1. The Balaban J connectivity index is 1.51. The first-order chi connectivity index (χ1) is 11.6. The molecular formula is C20H22N2O2. The SMILES string of the molecule is Cc1cc2c(NC(=O)CCCOc3ccccc3C)cccc2[nH]1. The van der Waals surface area contributed by atoms with Crippen LogP contribution >= 0.6 is 0 Å². The van der Waals surface area contributed by atoms with Crippen molar-refractivity contribution in [2.75, 3.05) is 11.9 Å². The zero-order valence-corrected chi connectivity index (χ0v) is 14.1. The average Bonchev–Trinajstić information content (AvgIpc) is 2.94. The maximum Gasteiger partial charge on any atom is 0.224 e. The predicted molar refractivity (Wildman–Crippen MR) is 97.6 cm³/mol. The summed E-state index contributed by atoms with van der Waals surface area (Å²) in [6.45, 7) is 4.56. The fourth-order valence-electron chi connectivity index (χ4n) is 2.75. The molecule has 124 valence electrons. The molecule has 4 heteroatoms. The molecule has 0 radical (unpaired) electrons. The lowest BCUT2D eigenvalue weighted by atomic mass is 10.2. The van der Waals surface area contributed by atoms with Gasteiger partial charge in [0.15, 0.2) is 0 Å². The highest BCUT2D eigenvalue weighted by Gasteiger charge is 2.07. The van der Waals surface area contributed by atoms with E-state index in [1.807, 2.05) is 62.4 Å². The van der Waals surface area contributed by atoms with Gasteiger partial charge >= 0.3 is 0 Å². The van der Waals surface area contributed by atoms with Crippen molar-refractivity contribution in [2.45, 2.75) is 26.7 Å². The molecule has 0 saturated heterocycles. The van der Waals surface area contributed by atoms with Gasteiger partial charge in [0.2, 0.25) is 5.91 Å². The van der Waals surface area contributed by atoms with Crippen molar-refractivity contribution in [2.24, 2.45) is 0 Å². The molecule has 1 aromatic heterocycles. The van der Waals surface area contributed by atoms with Crippen LogP contribution in [0.2, 0.25) is 0 Å². The number of H-pyrrole nitrogens is 1. The summed E-state index contributed by atoms with van der Waals surface area (Å²) in [7, 11) is 0. The minimum atomic E-state index is 0.00902. The van der Waals surface area contributed by atoms with Crippen LogP contribution in [0.1, 0.15) is 24.1 Å². The lowest BCUT2D eigenvalue weighted by Crippen LogP contribution is -2.13. The van der Waals surface area contributed by atoms with Crippen molar-refractivity contribution >= 4 is 22.5 Å². The molecule has 0 aliphatic carbocycles. The molecule has 24 heavy (non-hydrogen) atoms. The smallest absolute Gasteiger partial charge is 0.224 e. The minimum Gasteiger partial charge on any atom is -0.493 e. The Labute approximate surface area is 141 Å². The molecule has 0 saturated carbocycles. The average molecular weight is 322 g/mol. The topological polar surface area (TPSA) is 54.1 Å². The van der Waals surface area contributed by atoms with Crippen LogP contribution in [-0.2, 0) is 4.79 Å². The molecule has 2 aromatic carbocycles. The molecule has 0 aliphatic rings. The summed E-state index contributed by atoms with van der Waals surface area (Å²) in [5, 5.41) is 4.04. The van der Waals surface area contributed by atoms with Gasteiger partial charge in [-0.2, -0.15) is 0 Å². The van der Waals surface area contributed by atoms with E-state index in [-0.39, 0.29) is 5.91 Å². The van der Waals surface area contributed by atoms with Crippen molar-refractivity contribution in [1.29, 1.82) is 0 Å². The summed E-state index contributed by atoms with van der Waals surface area (Å²) in [4.78, 5) is 15.4. The summed E-state index contributed by atoms with van der Waals surface area (Å²) >= 11 is 0. The lowest BCUT2D eigenvalue weighted by Gasteiger charge is -2.09. The Morgan fingerprint density at radius 1 is 1.12 bits per heavy atom. The van der Waals surface area contributed by atoms with E-state index in [9.17, 15) is 4.79 Å². The summed E-state index contributed by atoms with van der Waals surface area (Å²) in [5.41, 5.74) is 4.07. The first kappa shape index (κ1) is 16.1. The largest absolute Gasteiger partial charge is 0.493 e. The monoisotopic (exact) mass is 322 g/mol. The summed E-state index contributed by atoms with van der Waals surface area (Å²) < 4.78 is 5.73. The van der Waals surface area contributed by atoms with Crippen LogP contribution in [0.4, 0.5) is 5.69 Å². The van der Waals surface area contributed by atoms with Gasteiger partial charge < -0.3 is 15.0 Å². The first-order valence-corrected chi connectivity index (χ1v) is 8.20. The number of nitrogens with one attached hydrogen (secondary N) is 2. The molecule has 3 rings (SSSR count).